The standard InChI is InChI=1S/C16H21N3O4S/c1-11(2)19-24(21,22)10-14-7-5-4-6-13(14)9-17-16(20)15-8-12(3)23-18-15/h4-8,11,19H,9-10H2,1-3H3,(H,17,20). The lowest BCUT2D eigenvalue weighted by atomic mass is 10.1. The maximum atomic E-state index is 12.1. The zero-order valence-electron chi connectivity index (χ0n) is 13.9. The van der Waals surface area contributed by atoms with Crippen molar-refractivity contribution in [3.8, 4) is 0 Å². The largest absolute Gasteiger partial charge is 0.361 e. The van der Waals surface area contributed by atoms with Crippen LogP contribution in [0.1, 0.15) is 41.2 Å². The summed E-state index contributed by atoms with van der Waals surface area (Å²) >= 11 is 0. The number of aromatic nitrogens is 1. The van der Waals surface area contributed by atoms with Gasteiger partial charge in [0.25, 0.3) is 5.91 Å². The topological polar surface area (TPSA) is 101 Å². The minimum absolute atomic E-state index is 0.139. The Morgan fingerprint density at radius 3 is 2.50 bits per heavy atom. The second-order valence-corrected chi connectivity index (χ2v) is 7.56. The molecule has 2 aromatic rings. The molecule has 0 aliphatic rings. The molecule has 1 amide bonds. The molecule has 130 valence electrons. The molecule has 0 spiro atoms. The number of carbonyl (C=O) groups excluding carboxylic acids is 1. The maximum Gasteiger partial charge on any atom is 0.273 e. The quantitative estimate of drug-likeness (QED) is 0.791. The van der Waals surface area contributed by atoms with E-state index in [-0.39, 0.29) is 29.9 Å². The van der Waals surface area contributed by atoms with Gasteiger partial charge in [-0.3, -0.25) is 4.79 Å². The van der Waals surface area contributed by atoms with E-state index in [2.05, 4.69) is 15.2 Å². The van der Waals surface area contributed by atoms with Gasteiger partial charge < -0.3 is 9.84 Å². The van der Waals surface area contributed by atoms with Gasteiger partial charge in [-0.1, -0.05) is 29.4 Å². The Morgan fingerprint density at radius 2 is 1.92 bits per heavy atom. The summed E-state index contributed by atoms with van der Waals surface area (Å²) < 4.78 is 31.6. The molecule has 0 aliphatic heterocycles. The summed E-state index contributed by atoms with van der Waals surface area (Å²) in [4.78, 5) is 12.0. The Bertz CT molecular complexity index is 812. The average molecular weight is 351 g/mol. The Hall–Kier alpha value is -2.19. The first-order valence-electron chi connectivity index (χ1n) is 7.55. The molecule has 0 atom stereocenters. The lowest BCUT2D eigenvalue weighted by Crippen LogP contribution is -2.32. The van der Waals surface area contributed by atoms with E-state index in [9.17, 15) is 13.2 Å². The summed E-state index contributed by atoms with van der Waals surface area (Å²) in [5.74, 6) is 0.0385. The number of aryl methyl sites for hydroxylation is 1. The number of nitrogens with zero attached hydrogens (tertiary/aromatic N) is 1. The van der Waals surface area contributed by atoms with Crippen molar-refractivity contribution in [2.45, 2.75) is 39.1 Å². The Balaban J connectivity index is 2.07. The number of hydrogen-bond acceptors (Lipinski definition) is 5. The molecule has 2 N–H and O–H groups in total. The van der Waals surface area contributed by atoms with Crippen LogP contribution in [0.4, 0.5) is 0 Å². The van der Waals surface area contributed by atoms with Crippen LogP contribution in [-0.2, 0) is 22.3 Å². The molecule has 1 aromatic carbocycles. The van der Waals surface area contributed by atoms with Crippen LogP contribution in [0, 0.1) is 6.92 Å². The Kier molecular flexibility index (Phi) is 5.74. The third-order valence-corrected chi connectivity index (χ3v) is 4.70. The van der Waals surface area contributed by atoms with E-state index < -0.39 is 10.0 Å². The highest BCUT2D eigenvalue weighted by molar-refractivity contribution is 7.88. The normalized spacial score (nSPS) is 11.7. The van der Waals surface area contributed by atoms with E-state index in [1.807, 2.05) is 0 Å². The molecule has 2 rings (SSSR count). The van der Waals surface area contributed by atoms with Gasteiger partial charge >= 0.3 is 0 Å². The lowest BCUT2D eigenvalue weighted by molar-refractivity contribution is 0.0941. The van der Waals surface area contributed by atoms with Crippen molar-refractivity contribution in [2.75, 3.05) is 0 Å². The number of amides is 1. The molecule has 0 unspecified atom stereocenters. The van der Waals surface area contributed by atoms with Crippen molar-refractivity contribution in [1.29, 1.82) is 0 Å². The first-order chi connectivity index (χ1) is 11.3. The molecular weight excluding hydrogens is 330 g/mol. The fourth-order valence-electron chi connectivity index (χ4n) is 2.22. The van der Waals surface area contributed by atoms with Crippen LogP contribution in [-0.4, -0.2) is 25.5 Å². The van der Waals surface area contributed by atoms with Crippen molar-refractivity contribution in [3.63, 3.8) is 0 Å². The van der Waals surface area contributed by atoms with E-state index in [4.69, 9.17) is 4.52 Å². The smallest absolute Gasteiger partial charge is 0.273 e. The summed E-state index contributed by atoms with van der Waals surface area (Å²) in [5.41, 5.74) is 1.57. The molecular formula is C16H21N3O4S. The second kappa shape index (κ2) is 7.59. The average Bonchev–Trinajstić information content (AvgIpc) is 2.91. The lowest BCUT2D eigenvalue weighted by Gasteiger charge is -2.13. The summed E-state index contributed by atoms with van der Waals surface area (Å²) in [6.45, 7) is 5.44. The fourth-order valence-corrected chi connectivity index (χ4v) is 3.71. The van der Waals surface area contributed by atoms with Gasteiger partial charge in [0.15, 0.2) is 5.69 Å². The monoisotopic (exact) mass is 351 g/mol. The van der Waals surface area contributed by atoms with Crippen molar-refractivity contribution in [1.82, 2.24) is 15.2 Å². The molecule has 1 heterocycles. The van der Waals surface area contributed by atoms with Gasteiger partial charge in [-0.25, -0.2) is 13.1 Å². The van der Waals surface area contributed by atoms with Crippen LogP contribution in [0.15, 0.2) is 34.9 Å². The van der Waals surface area contributed by atoms with Crippen molar-refractivity contribution < 1.29 is 17.7 Å². The minimum Gasteiger partial charge on any atom is -0.361 e. The minimum atomic E-state index is -3.43. The molecule has 0 radical (unpaired) electrons. The van der Waals surface area contributed by atoms with Crippen LogP contribution in [0.5, 0.6) is 0 Å². The van der Waals surface area contributed by atoms with Crippen LogP contribution in [0.3, 0.4) is 0 Å². The predicted octanol–water partition coefficient (Wildman–Crippen LogP) is 1.74. The summed E-state index contributed by atoms with van der Waals surface area (Å²) in [5, 5.41) is 6.37. The highest BCUT2D eigenvalue weighted by Gasteiger charge is 2.16. The van der Waals surface area contributed by atoms with E-state index in [1.54, 1.807) is 45.0 Å². The van der Waals surface area contributed by atoms with Gasteiger partial charge in [0, 0.05) is 18.7 Å². The van der Waals surface area contributed by atoms with Gasteiger partial charge in [0.1, 0.15) is 5.76 Å². The van der Waals surface area contributed by atoms with Crippen LogP contribution >= 0.6 is 0 Å². The number of carbonyl (C=O) groups is 1. The first kappa shape index (κ1) is 18.2. The highest BCUT2D eigenvalue weighted by Crippen LogP contribution is 2.13. The van der Waals surface area contributed by atoms with E-state index in [1.165, 1.54) is 6.07 Å². The number of benzene rings is 1. The summed E-state index contributed by atoms with van der Waals surface area (Å²) in [7, 11) is -3.43. The van der Waals surface area contributed by atoms with Crippen molar-refractivity contribution in [2.24, 2.45) is 0 Å². The van der Waals surface area contributed by atoms with E-state index in [0.29, 0.717) is 11.3 Å². The van der Waals surface area contributed by atoms with Crippen molar-refractivity contribution in [3.05, 3.63) is 52.9 Å². The molecule has 0 saturated heterocycles. The van der Waals surface area contributed by atoms with Gasteiger partial charge in [-0.05, 0) is 31.9 Å². The van der Waals surface area contributed by atoms with Gasteiger partial charge in [0.2, 0.25) is 10.0 Å². The number of nitrogens with one attached hydrogen (secondary N) is 2. The van der Waals surface area contributed by atoms with Gasteiger partial charge in [-0.2, -0.15) is 0 Å². The summed E-state index contributed by atoms with van der Waals surface area (Å²) in [6.07, 6.45) is 0. The van der Waals surface area contributed by atoms with E-state index >= 15 is 0 Å². The summed E-state index contributed by atoms with van der Waals surface area (Å²) in [6, 6.07) is 8.46. The fraction of sp³-hybridized carbons (Fsp3) is 0.375. The number of hydrogen-bond donors (Lipinski definition) is 2. The molecule has 0 fully saturated rings. The molecule has 24 heavy (non-hydrogen) atoms. The predicted molar refractivity (Wildman–Crippen MR) is 89.7 cm³/mol. The SMILES string of the molecule is Cc1cc(C(=O)NCc2ccccc2CS(=O)(=O)NC(C)C)no1. The van der Waals surface area contributed by atoms with E-state index in [0.717, 1.165) is 5.56 Å². The zero-order valence-corrected chi connectivity index (χ0v) is 14.7. The van der Waals surface area contributed by atoms with Crippen LogP contribution < -0.4 is 10.0 Å². The molecule has 7 nitrogen and oxygen atoms in total. The van der Waals surface area contributed by atoms with Crippen LogP contribution in [0.2, 0.25) is 0 Å². The molecule has 8 heteroatoms. The Labute approximate surface area is 141 Å². The van der Waals surface area contributed by atoms with Crippen molar-refractivity contribution >= 4 is 15.9 Å². The first-order valence-corrected chi connectivity index (χ1v) is 9.20. The second-order valence-electron chi connectivity index (χ2n) is 5.81. The molecule has 0 aliphatic carbocycles. The molecule has 0 bridgehead atoms. The third kappa shape index (κ3) is 5.17. The van der Waals surface area contributed by atoms with Gasteiger partial charge in [0.05, 0.1) is 5.75 Å². The molecule has 1 aromatic heterocycles. The number of sulfonamides is 1. The zero-order chi connectivity index (χ0) is 17.7. The van der Waals surface area contributed by atoms with Crippen LogP contribution in [0.25, 0.3) is 0 Å². The molecule has 0 saturated carbocycles. The number of rotatable bonds is 7. The third-order valence-electron chi connectivity index (χ3n) is 3.18. The van der Waals surface area contributed by atoms with Gasteiger partial charge in [-0.15, -0.1) is 0 Å². The maximum absolute atomic E-state index is 12.1. The Morgan fingerprint density at radius 1 is 1.25 bits per heavy atom. The highest BCUT2D eigenvalue weighted by atomic mass is 32.2.